The van der Waals surface area contributed by atoms with E-state index in [1.165, 1.54) is 19.1 Å². The molecule has 1 aliphatic carbocycles. The molecule has 0 bridgehead atoms. The van der Waals surface area contributed by atoms with E-state index in [9.17, 15) is 4.79 Å². The molecule has 3 rings (SSSR count). The zero-order chi connectivity index (χ0) is 20.3. The zero-order valence-corrected chi connectivity index (χ0v) is 18.2. The fourth-order valence-electron chi connectivity index (χ4n) is 3.19. The predicted octanol–water partition coefficient (Wildman–Crippen LogP) is 4.89. The van der Waals surface area contributed by atoms with E-state index in [2.05, 4.69) is 10.6 Å². The topological polar surface area (TPSA) is 68.8 Å². The molecule has 0 saturated heterocycles. The standard InChI is InChI=1S/C19H21ClN2O4S2/c1-24-13-9-12(14(25-2)8-11(13)20)21-19(27)22-17-16(18(23)26-3)10-6-4-5-7-15(10)28-17/h8-9H,4-7H2,1-3H3,(H2,21,22,27). The van der Waals surface area contributed by atoms with Gasteiger partial charge in [0.1, 0.15) is 16.5 Å². The van der Waals surface area contributed by atoms with Gasteiger partial charge in [-0.05, 0) is 43.5 Å². The Morgan fingerprint density at radius 1 is 1.11 bits per heavy atom. The average molecular weight is 441 g/mol. The number of aryl methyl sites for hydroxylation is 1. The Balaban J connectivity index is 1.86. The molecule has 0 atom stereocenters. The van der Waals surface area contributed by atoms with Crippen molar-refractivity contribution in [3.8, 4) is 11.5 Å². The van der Waals surface area contributed by atoms with Crippen molar-refractivity contribution in [3.05, 3.63) is 33.2 Å². The third-order valence-corrected chi connectivity index (χ3v) is 6.22. The maximum Gasteiger partial charge on any atom is 0.341 e. The number of benzene rings is 1. The molecule has 2 aromatic rings. The van der Waals surface area contributed by atoms with Gasteiger partial charge in [-0.2, -0.15) is 0 Å². The summed E-state index contributed by atoms with van der Waals surface area (Å²) in [5, 5.41) is 7.68. The van der Waals surface area contributed by atoms with Gasteiger partial charge in [0, 0.05) is 17.0 Å². The van der Waals surface area contributed by atoms with Crippen molar-refractivity contribution in [1.82, 2.24) is 0 Å². The van der Waals surface area contributed by atoms with Crippen LogP contribution in [-0.4, -0.2) is 32.4 Å². The van der Waals surface area contributed by atoms with Gasteiger partial charge >= 0.3 is 5.97 Å². The first kappa shape index (κ1) is 20.7. The lowest BCUT2D eigenvalue weighted by molar-refractivity contribution is 0.0601. The molecule has 0 unspecified atom stereocenters. The Bertz CT molecular complexity index is 914. The van der Waals surface area contributed by atoms with Crippen molar-refractivity contribution < 1.29 is 19.0 Å². The van der Waals surface area contributed by atoms with Crippen molar-refractivity contribution in [1.29, 1.82) is 0 Å². The van der Waals surface area contributed by atoms with Crippen molar-refractivity contribution in [2.24, 2.45) is 0 Å². The highest BCUT2D eigenvalue weighted by Crippen LogP contribution is 2.39. The fourth-order valence-corrected chi connectivity index (χ4v) is 4.98. The lowest BCUT2D eigenvalue weighted by Gasteiger charge is -2.15. The molecule has 0 amide bonds. The number of thiocarbonyl (C=S) groups is 1. The summed E-state index contributed by atoms with van der Waals surface area (Å²) < 4.78 is 15.6. The average Bonchev–Trinajstić information content (AvgIpc) is 3.05. The van der Waals surface area contributed by atoms with Crippen LogP contribution in [0.4, 0.5) is 10.7 Å². The van der Waals surface area contributed by atoms with Gasteiger partial charge in [-0.3, -0.25) is 0 Å². The van der Waals surface area contributed by atoms with E-state index in [1.807, 2.05) is 0 Å². The lowest BCUT2D eigenvalue weighted by Crippen LogP contribution is -2.20. The molecule has 9 heteroatoms. The highest BCUT2D eigenvalue weighted by Gasteiger charge is 2.26. The molecule has 0 spiro atoms. The van der Waals surface area contributed by atoms with Crippen molar-refractivity contribution in [3.63, 3.8) is 0 Å². The van der Waals surface area contributed by atoms with Crippen LogP contribution >= 0.6 is 35.2 Å². The number of hydrogen-bond donors (Lipinski definition) is 2. The molecule has 1 aromatic carbocycles. The highest BCUT2D eigenvalue weighted by molar-refractivity contribution is 7.80. The number of halogens is 1. The van der Waals surface area contributed by atoms with E-state index in [0.717, 1.165) is 31.2 Å². The quantitative estimate of drug-likeness (QED) is 0.506. The maximum absolute atomic E-state index is 12.4. The molecule has 0 aliphatic heterocycles. The fraction of sp³-hybridized carbons (Fsp3) is 0.368. The van der Waals surface area contributed by atoms with Gasteiger partial charge in [0.25, 0.3) is 0 Å². The van der Waals surface area contributed by atoms with Gasteiger partial charge in [-0.25, -0.2) is 4.79 Å². The third-order valence-electron chi connectivity index (χ3n) is 4.51. The normalized spacial score (nSPS) is 12.7. The van der Waals surface area contributed by atoms with Crippen LogP contribution in [0.1, 0.15) is 33.6 Å². The third kappa shape index (κ3) is 4.19. The minimum Gasteiger partial charge on any atom is -0.495 e. The highest BCUT2D eigenvalue weighted by atomic mass is 35.5. The predicted molar refractivity (Wildman–Crippen MR) is 117 cm³/mol. The maximum atomic E-state index is 12.4. The first-order chi connectivity index (χ1) is 13.5. The summed E-state index contributed by atoms with van der Waals surface area (Å²) in [4.78, 5) is 13.6. The molecule has 0 saturated carbocycles. The summed E-state index contributed by atoms with van der Waals surface area (Å²) >= 11 is 13.2. The molecule has 1 aromatic heterocycles. The van der Waals surface area contributed by atoms with Crippen LogP contribution in [0.2, 0.25) is 5.02 Å². The molecule has 28 heavy (non-hydrogen) atoms. The Morgan fingerprint density at radius 3 is 2.50 bits per heavy atom. The van der Waals surface area contributed by atoms with E-state index >= 15 is 0 Å². The Kier molecular flexibility index (Phi) is 6.64. The minimum atomic E-state index is -0.351. The van der Waals surface area contributed by atoms with Crippen molar-refractivity contribution in [2.75, 3.05) is 32.0 Å². The van der Waals surface area contributed by atoms with Crippen LogP contribution in [-0.2, 0) is 17.6 Å². The first-order valence-electron chi connectivity index (χ1n) is 8.70. The second-order valence-electron chi connectivity index (χ2n) is 6.17. The van der Waals surface area contributed by atoms with Crippen LogP contribution in [0.15, 0.2) is 12.1 Å². The van der Waals surface area contributed by atoms with E-state index < -0.39 is 0 Å². The Hall–Kier alpha value is -2.03. The summed E-state index contributed by atoms with van der Waals surface area (Å²) in [6, 6.07) is 3.35. The first-order valence-corrected chi connectivity index (χ1v) is 10.3. The molecule has 6 nitrogen and oxygen atoms in total. The number of thiophene rings is 1. The summed E-state index contributed by atoms with van der Waals surface area (Å²) in [7, 11) is 4.47. The van der Waals surface area contributed by atoms with Crippen LogP contribution in [0, 0.1) is 0 Å². The Morgan fingerprint density at radius 2 is 1.82 bits per heavy atom. The molecule has 150 valence electrons. The van der Waals surface area contributed by atoms with Crippen LogP contribution < -0.4 is 20.1 Å². The largest absolute Gasteiger partial charge is 0.495 e. The summed E-state index contributed by atoms with van der Waals surface area (Å²) in [6.07, 6.45) is 4.03. The number of nitrogens with one attached hydrogen (secondary N) is 2. The van der Waals surface area contributed by atoms with E-state index in [-0.39, 0.29) is 5.97 Å². The number of hydrogen-bond acceptors (Lipinski definition) is 6. The second-order valence-corrected chi connectivity index (χ2v) is 8.09. The number of anilines is 2. The number of fused-ring (bicyclic) bond motifs is 1. The van der Waals surface area contributed by atoms with Crippen LogP contribution in [0.25, 0.3) is 0 Å². The monoisotopic (exact) mass is 440 g/mol. The number of methoxy groups -OCH3 is 3. The van der Waals surface area contributed by atoms with Crippen molar-refractivity contribution >= 4 is 56.9 Å². The van der Waals surface area contributed by atoms with Gasteiger partial charge in [0.2, 0.25) is 0 Å². The molecular formula is C19H21ClN2O4S2. The molecule has 1 heterocycles. The van der Waals surface area contributed by atoms with E-state index in [4.69, 9.17) is 38.0 Å². The molecule has 0 fully saturated rings. The summed E-state index contributed by atoms with van der Waals surface area (Å²) in [5.41, 5.74) is 2.24. The number of carbonyl (C=O) groups is 1. The number of ether oxygens (including phenoxy) is 3. The van der Waals surface area contributed by atoms with Crippen LogP contribution in [0.5, 0.6) is 11.5 Å². The molecule has 1 aliphatic rings. The number of rotatable bonds is 5. The number of carbonyl (C=O) groups excluding carboxylic acids is 1. The summed E-state index contributed by atoms with van der Waals surface area (Å²) in [6.45, 7) is 0. The van der Waals surface area contributed by atoms with E-state index in [0.29, 0.717) is 37.9 Å². The van der Waals surface area contributed by atoms with E-state index in [1.54, 1.807) is 30.6 Å². The second kappa shape index (κ2) is 8.98. The van der Waals surface area contributed by atoms with Gasteiger partial charge in [0.15, 0.2) is 5.11 Å². The van der Waals surface area contributed by atoms with Gasteiger partial charge in [-0.15, -0.1) is 11.3 Å². The molecule has 2 N–H and O–H groups in total. The zero-order valence-electron chi connectivity index (χ0n) is 15.8. The SMILES string of the molecule is COC(=O)c1c(NC(=S)Nc2cc(OC)c(Cl)cc2OC)sc2c1CCCC2. The summed E-state index contributed by atoms with van der Waals surface area (Å²) in [5.74, 6) is 0.665. The van der Waals surface area contributed by atoms with Crippen LogP contribution in [0.3, 0.4) is 0 Å². The smallest absolute Gasteiger partial charge is 0.341 e. The minimum absolute atomic E-state index is 0.325. The molecular weight excluding hydrogens is 420 g/mol. The van der Waals surface area contributed by atoms with Gasteiger partial charge < -0.3 is 24.8 Å². The van der Waals surface area contributed by atoms with Crippen molar-refractivity contribution in [2.45, 2.75) is 25.7 Å². The van der Waals surface area contributed by atoms with Gasteiger partial charge in [0.05, 0.1) is 37.6 Å². The number of esters is 1. The lowest BCUT2D eigenvalue weighted by atomic mass is 9.95. The Labute approximate surface area is 178 Å². The van der Waals surface area contributed by atoms with Gasteiger partial charge in [-0.1, -0.05) is 11.6 Å². The molecule has 0 radical (unpaired) electrons.